The second kappa shape index (κ2) is 5.34. The second-order valence-corrected chi connectivity index (χ2v) is 4.62. The van der Waals surface area contributed by atoms with Crippen molar-refractivity contribution in [3.05, 3.63) is 47.5 Å². The highest BCUT2D eigenvalue weighted by atomic mass is 14.4. The second-order valence-electron chi connectivity index (χ2n) is 4.62. The van der Waals surface area contributed by atoms with Crippen LogP contribution in [0.1, 0.15) is 51.7 Å². The Balaban J connectivity index is 0.000000606. The molecule has 1 aliphatic rings. The van der Waals surface area contributed by atoms with Gasteiger partial charge in [0.05, 0.1) is 0 Å². The summed E-state index contributed by atoms with van der Waals surface area (Å²) >= 11 is 0. The quantitative estimate of drug-likeness (QED) is 0.587. The van der Waals surface area contributed by atoms with Gasteiger partial charge in [0.1, 0.15) is 0 Å². The Morgan fingerprint density at radius 1 is 1.25 bits per heavy atom. The number of hydrogen-bond donors (Lipinski definition) is 0. The fourth-order valence-corrected chi connectivity index (χ4v) is 2.49. The van der Waals surface area contributed by atoms with Gasteiger partial charge in [-0.1, -0.05) is 57.2 Å². The van der Waals surface area contributed by atoms with Gasteiger partial charge < -0.3 is 0 Å². The molecule has 0 heterocycles. The number of fused-ring (bicyclic) bond motifs is 1. The molecule has 0 bridgehead atoms. The van der Waals surface area contributed by atoms with E-state index in [9.17, 15) is 0 Å². The first-order valence-corrected chi connectivity index (χ1v) is 6.39. The number of hydrogen-bond acceptors (Lipinski definition) is 0. The van der Waals surface area contributed by atoms with Crippen LogP contribution in [0.15, 0.2) is 36.4 Å². The molecule has 0 spiro atoms. The summed E-state index contributed by atoms with van der Waals surface area (Å²) in [4.78, 5) is 0. The summed E-state index contributed by atoms with van der Waals surface area (Å²) in [5, 5.41) is 0. The van der Waals surface area contributed by atoms with Gasteiger partial charge in [0.25, 0.3) is 0 Å². The first-order valence-electron chi connectivity index (χ1n) is 6.39. The summed E-state index contributed by atoms with van der Waals surface area (Å²) in [6.45, 7) is 12.6. The van der Waals surface area contributed by atoms with E-state index in [0.29, 0.717) is 0 Å². The van der Waals surface area contributed by atoms with Crippen LogP contribution in [0, 0.1) is 0 Å². The van der Waals surface area contributed by atoms with Crippen molar-refractivity contribution in [2.45, 2.75) is 52.4 Å². The van der Waals surface area contributed by atoms with E-state index in [-0.39, 0.29) is 5.41 Å². The lowest BCUT2D eigenvalue weighted by atomic mass is 9.68. The number of aryl methyl sites for hydroxylation is 1. The molecule has 0 radical (unpaired) electrons. The Morgan fingerprint density at radius 3 is 2.50 bits per heavy atom. The summed E-state index contributed by atoms with van der Waals surface area (Å²) in [5.74, 6) is 0. The number of rotatable bonds is 1. The van der Waals surface area contributed by atoms with Gasteiger partial charge in [-0.25, -0.2) is 0 Å². The van der Waals surface area contributed by atoms with Crippen molar-refractivity contribution >= 4 is 0 Å². The zero-order chi connectivity index (χ0) is 12.2. The van der Waals surface area contributed by atoms with E-state index < -0.39 is 0 Å². The van der Waals surface area contributed by atoms with Crippen LogP contribution in [0.2, 0.25) is 0 Å². The summed E-state index contributed by atoms with van der Waals surface area (Å²) in [5.41, 5.74) is 4.53. The van der Waals surface area contributed by atoms with E-state index in [4.69, 9.17) is 0 Å². The summed E-state index contributed by atoms with van der Waals surface area (Å²) in [6, 6.07) is 8.81. The van der Waals surface area contributed by atoms with Crippen LogP contribution < -0.4 is 0 Å². The van der Waals surface area contributed by atoms with E-state index in [2.05, 4.69) is 44.7 Å². The lowest BCUT2D eigenvalue weighted by Crippen LogP contribution is -2.28. The monoisotopic (exact) mass is 216 g/mol. The highest BCUT2D eigenvalue weighted by Gasteiger charge is 2.31. The van der Waals surface area contributed by atoms with Crippen LogP contribution in [-0.4, -0.2) is 0 Å². The Labute approximate surface area is 100 Å². The molecule has 1 unspecified atom stereocenters. The molecule has 0 N–H and O–H groups in total. The minimum absolute atomic E-state index is 0.217. The van der Waals surface area contributed by atoms with Crippen LogP contribution >= 0.6 is 0 Å². The van der Waals surface area contributed by atoms with Crippen molar-refractivity contribution in [1.82, 2.24) is 0 Å². The Bertz CT molecular complexity index is 362. The van der Waals surface area contributed by atoms with Crippen LogP contribution in [0.5, 0.6) is 0 Å². The van der Waals surface area contributed by atoms with Gasteiger partial charge in [0.15, 0.2) is 0 Å². The molecule has 1 atom stereocenters. The first kappa shape index (κ1) is 13.0. The van der Waals surface area contributed by atoms with Gasteiger partial charge in [0.2, 0.25) is 0 Å². The highest BCUT2D eigenvalue weighted by molar-refractivity contribution is 5.41. The molecular weight excluding hydrogens is 192 g/mol. The van der Waals surface area contributed by atoms with Crippen molar-refractivity contribution < 1.29 is 0 Å². The fourth-order valence-electron chi connectivity index (χ4n) is 2.49. The van der Waals surface area contributed by atoms with Crippen molar-refractivity contribution in [3.63, 3.8) is 0 Å². The predicted octanol–water partition coefficient (Wildman–Crippen LogP) is 4.88. The summed E-state index contributed by atoms with van der Waals surface area (Å²) < 4.78 is 0. The lowest BCUT2D eigenvalue weighted by molar-refractivity contribution is 0.457. The van der Waals surface area contributed by atoms with E-state index in [1.165, 1.54) is 36.0 Å². The average Bonchev–Trinajstić information content (AvgIpc) is 2.32. The maximum atomic E-state index is 4.15. The third-order valence-corrected chi connectivity index (χ3v) is 3.68. The molecule has 0 nitrogen and oxygen atoms in total. The summed E-state index contributed by atoms with van der Waals surface area (Å²) in [7, 11) is 0. The van der Waals surface area contributed by atoms with Crippen molar-refractivity contribution in [2.24, 2.45) is 0 Å². The van der Waals surface area contributed by atoms with Crippen LogP contribution in [0.25, 0.3) is 0 Å². The maximum absolute atomic E-state index is 4.15. The minimum Gasteiger partial charge on any atom is -0.0993 e. The molecule has 1 aromatic rings. The predicted molar refractivity (Wildman–Crippen MR) is 72.9 cm³/mol. The standard InChI is InChI=1S/C14H18.C2H6/c1-11(2)14(3)10-6-8-12-7-4-5-9-13(12)14;1-2/h4-5,7,9H,1,6,8,10H2,2-3H3;1-2H3. The van der Waals surface area contributed by atoms with E-state index in [1.54, 1.807) is 0 Å². The van der Waals surface area contributed by atoms with Gasteiger partial charge >= 0.3 is 0 Å². The van der Waals surface area contributed by atoms with E-state index in [1.807, 2.05) is 13.8 Å². The molecule has 0 fully saturated rings. The molecule has 88 valence electrons. The van der Waals surface area contributed by atoms with E-state index in [0.717, 1.165) is 0 Å². The molecule has 2 rings (SSSR count). The Morgan fingerprint density at radius 2 is 1.88 bits per heavy atom. The Hall–Kier alpha value is -1.04. The molecular formula is C16H24. The minimum atomic E-state index is 0.217. The maximum Gasteiger partial charge on any atom is 0.0131 e. The third kappa shape index (κ3) is 2.21. The van der Waals surface area contributed by atoms with Crippen LogP contribution in [0.4, 0.5) is 0 Å². The Kier molecular flexibility index (Phi) is 4.35. The summed E-state index contributed by atoms with van der Waals surface area (Å²) in [6.07, 6.45) is 3.78. The third-order valence-electron chi connectivity index (χ3n) is 3.68. The molecule has 0 aliphatic heterocycles. The molecule has 16 heavy (non-hydrogen) atoms. The fraction of sp³-hybridized carbons (Fsp3) is 0.500. The number of benzene rings is 1. The van der Waals surface area contributed by atoms with Gasteiger partial charge in [-0.3, -0.25) is 0 Å². The molecule has 0 aromatic heterocycles. The highest BCUT2D eigenvalue weighted by Crippen LogP contribution is 2.41. The zero-order valence-corrected chi connectivity index (χ0v) is 11.1. The normalized spacial score (nSPS) is 22.8. The molecule has 0 heteroatoms. The van der Waals surface area contributed by atoms with Gasteiger partial charge in [-0.15, -0.1) is 0 Å². The van der Waals surface area contributed by atoms with Gasteiger partial charge in [-0.05, 0) is 37.3 Å². The molecule has 0 amide bonds. The van der Waals surface area contributed by atoms with Crippen LogP contribution in [-0.2, 0) is 11.8 Å². The van der Waals surface area contributed by atoms with E-state index >= 15 is 0 Å². The van der Waals surface area contributed by atoms with Crippen molar-refractivity contribution in [2.75, 3.05) is 0 Å². The van der Waals surface area contributed by atoms with Crippen molar-refractivity contribution in [3.8, 4) is 0 Å². The lowest BCUT2D eigenvalue weighted by Gasteiger charge is -2.36. The van der Waals surface area contributed by atoms with Gasteiger partial charge in [-0.2, -0.15) is 0 Å². The topological polar surface area (TPSA) is 0 Å². The zero-order valence-electron chi connectivity index (χ0n) is 11.1. The first-order chi connectivity index (χ1) is 7.64. The van der Waals surface area contributed by atoms with Crippen LogP contribution in [0.3, 0.4) is 0 Å². The molecule has 0 saturated carbocycles. The SMILES string of the molecule is C=C(C)C1(C)CCCc2ccccc21.CC. The smallest absolute Gasteiger partial charge is 0.0131 e. The van der Waals surface area contributed by atoms with Gasteiger partial charge in [0, 0.05) is 5.41 Å². The van der Waals surface area contributed by atoms with Crippen molar-refractivity contribution in [1.29, 1.82) is 0 Å². The number of allylic oxidation sites excluding steroid dienone is 1. The largest absolute Gasteiger partial charge is 0.0993 e. The molecule has 0 saturated heterocycles. The molecule has 1 aliphatic carbocycles. The molecule has 1 aromatic carbocycles. The average molecular weight is 216 g/mol.